The van der Waals surface area contributed by atoms with E-state index in [4.69, 9.17) is 0 Å². The number of carbonyl (C=O) groups excluding carboxylic acids is 1. The molecule has 0 radical (unpaired) electrons. The van der Waals surface area contributed by atoms with Crippen molar-refractivity contribution in [2.24, 2.45) is 7.05 Å². The number of hydrogen-bond acceptors (Lipinski definition) is 4. The van der Waals surface area contributed by atoms with E-state index in [9.17, 15) is 9.59 Å². The number of nitrogens with zero attached hydrogens (tertiary/aromatic N) is 2. The number of rotatable bonds is 3. The zero-order chi connectivity index (χ0) is 18.3. The molecule has 3 rings (SSSR count). The zero-order valence-electron chi connectivity index (χ0n) is 15.1. The summed E-state index contributed by atoms with van der Waals surface area (Å²) in [6.07, 6.45) is 1.49. The van der Waals surface area contributed by atoms with E-state index in [0.717, 1.165) is 5.56 Å². The van der Waals surface area contributed by atoms with Crippen LogP contribution in [0.2, 0.25) is 0 Å². The average Bonchev–Trinajstić information content (AvgIpc) is 2.87. The van der Waals surface area contributed by atoms with Crippen LogP contribution in [0.25, 0.3) is 10.2 Å². The summed E-state index contributed by atoms with van der Waals surface area (Å²) in [6.45, 7) is 8.45. The molecule has 0 atom stereocenters. The SMILES string of the molecule is Cc1cc(C)c(CNC(=O)c2sc3ncn(C)c(=O)c3c2C)c(C)c1. The van der Waals surface area contributed by atoms with E-state index in [2.05, 4.69) is 43.2 Å². The van der Waals surface area contributed by atoms with Crippen LogP contribution in [0, 0.1) is 27.7 Å². The average molecular weight is 355 g/mol. The summed E-state index contributed by atoms with van der Waals surface area (Å²) in [5.41, 5.74) is 5.26. The van der Waals surface area contributed by atoms with Crippen LogP contribution in [0.1, 0.15) is 37.5 Å². The number of benzene rings is 1. The van der Waals surface area contributed by atoms with E-state index in [-0.39, 0.29) is 11.5 Å². The molecule has 0 aliphatic heterocycles. The van der Waals surface area contributed by atoms with Crippen LogP contribution in [-0.4, -0.2) is 15.5 Å². The van der Waals surface area contributed by atoms with E-state index in [1.807, 2.05) is 0 Å². The minimum Gasteiger partial charge on any atom is -0.347 e. The Hall–Kier alpha value is -2.47. The molecule has 130 valence electrons. The Balaban J connectivity index is 1.90. The van der Waals surface area contributed by atoms with E-state index in [1.54, 1.807) is 14.0 Å². The fraction of sp³-hybridized carbons (Fsp3) is 0.316. The lowest BCUT2D eigenvalue weighted by atomic mass is 10.00. The van der Waals surface area contributed by atoms with Crippen LogP contribution < -0.4 is 10.9 Å². The van der Waals surface area contributed by atoms with Gasteiger partial charge in [-0.3, -0.25) is 9.59 Å². The van der Waals surface area contributed by atoms with Crippen molar-refractivity contribution in [3.8, 4) is 0 Å². The molecule has 0 saturated heterocycles. The number of hydrogen-bond donors (Lipinski definition) is 1. The maximum absolute atomic E-state index is 12.7. The Bertz CT molecular complexity index is 1020. The molecule has 1 N–H and O–H groups in total. The third-order valence-corrected chi connectivity index (χ3v) is 5.68. The summed E-state index contributed by atoms with van der Waals surface area (Å²) in [5.74, 6) is -0.165. The number of carbonyl (C=O) groups is 1. The molecule has 5 nitrogen and oxygen atoms in total. The summed E-state index contributed by atoms with van der Waals surface area (Å²) in [7, 11) is 1.66. The lowest BCUT2D eigenvalue weighted by Gasteiger charge is -2.12. The van der Waals surface area contributed by atoms with Gasteiger partial charge in [0.2, 0.25) is 0 Å². The molecule has 0 spiro atoms. The Morgan fingerprint density at radius 3 is 2.48 bits per heavy atom. The summed E-state index contributed by atoms with van der Waals surface area (Å²) in [4.78, 5) is 30.4. The maximum Gasteiger partial charge on any atom is 0.262 e. The van der Waals surface area contributed by atoms with E-state index in [0.29, 0.717) is 27.2 Å². The first kappa shape index (κ1) is 17.4. The highest BCUT2D eigenvalue weighted by Gasteiger charge is 2.19. The molecule has 1 aromatic carbocycles. The first-order chi connectivity index (χ1) is 11.8. The molecule has 0 aliphatic carbocycles. The van der Waals surface area contributed by atoms with E-state index < -0.39 is 0 Å². The van der Waals surface area contributed by atoms with Crippen LogP contribution in [0.15, 0.2) is 23.3 Å². The van der Waals surface area contributed by atoms with Crippen molar-refractivity contribution in [3.05, 3.63) is 61.5 Å². The first-order valence-corrected chi connectivity index (χ1v) is 8.91. The number of nitrogens with one attached hydrogen (secondary N) is 1. The number of fused-ring (bicyclic) bond motifs is 1. The number of thiophene rings is 1. The predicted octanol–water partition coefficient (Wildman–Crippen LogP) is 3.16. The second-order valence-corrected chi connectivity index (χ2v) is 7.46. The monoisotopic (exact) mass is 355 g/mol. The highest BCUT2D eigenvalue weighted by molar-refractivity contribution is 7.20. The molecule has 0 unspecified atom stereocenters. The zero-order valence-corrected chi connectivity index (χ0v) is 15.9. The molecule has 25 heavy (non-hydrogen) atoms. The van der Waals surface area contributed by atoms with Crippen molar-refractivity contribution in [1.29, 1.82) is 0 Å². The normalized spacial score (nSPS) is 11.1. The molecule has 0 fully saturated rings. The molecule has 0 aliphatic rings. The van der Waals surface area contributed by atoms with Crippen LogP contribution in [-0.2, 0) is 13.6 Å². The molecule has 0 saturated carbocycles. The van der Waals surface area contributed by atoms with E-state index in [1.165, 1.54) is 38.9 Å². The quantitative estimate of drug-likeness (QED) is 0.785. The smallest absolute Gasteiger partial charge is 0.262 e. The highest BCUT2D eigenvalue weighted by atomic mass is 32.1. The Kier molecular flexibility index (Phi) is 4.47. The Morgan fingerprint density at radius 2 is 1.84 bits per heavy atom. The van der Waals surface area contributed by atoms with Gasteiger partial charge in [-0.1, -0.05) is 17.7 Å². The molecule has 2 aromatic heterocycles. The molecule has 3 aromatic rings. The van der Waals surface area contributed by atoms with Crippen LogP contribution >= 0.6 is 11.3 Å². The molecule has 2 heterocycles. The third kappa shape index (κ3) is 3.09. The van der Waals surface area contributed by atoms with Crippen molar-refractivity contribution < 1.29 is 4.79 Å². The van der Waals surface area contributed by atoms with Crippen LogP contribution in [0.5, 0.6) is 0 Å². The van der Waals surface area contributed by atoms with Gasteiger partial charge in [0.25, 0.3) is 11.5 Å². The van der Waals surface area contributed by atoms with E-state index >= 15 is 0 Å². The lowest BCUT2D eigenvalue weighted by molar-refractivity contribution is 0.0954. The standard InChI is InChI=1S/C19H21N3O2S/c1-10-6-11(2)14(12(3)7-10)8-20-17(23)16-13(4)15-18(25-16)21-9-22(5)19(15)24/h6-7,9H,8H2,1-5H3,(H,20,23). The number of aryl methyl sites for hydroxylation is 5. The Labute approximate surface area is 150 Å². The highest BCUT2D eigenvalue weighted by Crippen LogP contribution is 2.26. The largest absolute Gasteiger partial charge is 0.347 e. The van der Waals surface area contributed by atoms with Crippen molar-refractivity contribution in [3.63, 3.8) is 0 Å². The second-order valence-electron chi connectivity index (χ2n) is 6.46. The van der Waals surface area contributed by atoms with Gasteiger partial charge in [0.05, 0.1) is 16.6 Å². The van der Waals surface area contributed by atoms with Gasteiger partial charge < -0.3 is 9.88 Å². The van der Waals surface area contributed by atoms with Gasteiger partial charge in [0.1, 0.15) is 4.83 Å². The van der Waals surface area contributed by atoms with Gasteiger partial charge >= 0.3 is 0 Å². The van der Waals surface area contributed by atoms with Gasteiger partial charge in [-0.15, -0.1) is 11.3 Å². The molecular weight excluding hydrogens is 334 g/mol. The van der Waals surface area contributed by atoms with Crippen molar-refractivity contribution in [2.45, 2.75) is 34.2 Å². The maximum atomic E-state index is 12.7. The lowest BCUT2D eigenvalue weighted by Crippen LogP contribution is -2.23. The van der Waals surface area contributed by atoms with Crippen molar-refractivity contribution >= 4 is 27.5 Å². The van der Waals surface area contributed by atoms with Gasteiger partial charge in [-0.05, 0) is 49.9 Å². The minimum atomic E-state index is -0.165. The fourth-order valence-electron chi connectivity index (χ4n) is 3.16. The molecule has 1 amide bonds. The molecule has 6 heteroatoms. The van der Waals surface area contributed by atoms with Crippen molar-refractivity contribution in [2.75, 3.05) is 0 Å². The fourth-order valence-corrected chi connectivity index (χ4v) is 4.22. The van der Waals surface area contributed by atoms with Gasteiger partial charge in [0, 0.05) is 13.6 Å². The van der Waals surface area contributed by atoms with Gasteiger partial charge in [-0.2, -0.15) is 0 Å². The predicted molar refractivity (Wildman–Crippen MR) is 101 cm³/mol. The summed E-state index contributed by atoms with van der Waals surface area (Å²) in [5, 5.41) is 3.52. The molecule has 0 bridgehead atoms. The topological polar surface area (TPSA) is 64.0 Å². The van der Waals surface area contributed by atoms with Gasteiger partial charge in [0.15, 0.2) is 0 Å². The summed E-state index contributed by atoms with van der Waals surface area (Å²) < 4.78 is 1.43. The minimum absolute atomic E-state index is 0.122. The van der Waals surface area contributed by atoms with Crippen molar-refractivity contribution in [1.82, 2.24) is 14.9 Å². The summed E-state index contributed by atoms with van der Waals surface area (Å²) in [6, 6.07) is 4.24. The second kappa shape index (κ2) is 6.44. The number of aromatic nitrogens is 2. The first-order valence-electron chi connectivity index (χ1n) is 8.09. The summed E-state index contributed by atoms with van der Waals surface area (Å²) >= 11 is 1.26. The van der Waals surface area contributed by atoms with Crippen LogP contribution in [0.3, 0.4) is 0 Å². The van der Waals surface area contributed by atoms with Gasteiger partial charge in [-0.25, -0.2) is 4.98 Å². The number of amides is 1. The third-order valence-electron chi connectivity index (χ3n) is 4.48. The van der Waals surface area contributed by atoms with Crippen LogP contribution in [0.4, 0.5) is 0 Å². The molecular formula is C19H21N3O2S. The Morgan fingerprint density at radius 1 is 1.20 bits per heavy atom.